The number of unbranched alkanes of at least 4 members (excludes halogenated alkanes) is 41. The van der Waals surface area contributed by atoms with Crippen molar-refractivity contribution >= 4 is 5.91 Å². The van der Waals surface area contributed by atoms with Gasteiger partial charge in [-0.3, -0.25) is 4.79 Å². The minimum atomic E-state index is -0.744. The Balaban J connectivity index is 3.46. The summed E-state index contributed by atoms with van der Waals surface area (Å²) in [6.07, 6.45) is 58.3. The molecule has 0 spiro atoms. The minimum absolute atomic E-state index is 0.0433. The number of amides is 1. The quantitative estimate of drug-likeness (QED) is 0.0460. The van der Waals surface area contributed by atoms with Gasteiger partial charge >= 0.3 is 0 Å². The summed E-state index contributed by atoms with van der Waals surface area (Å²) in [7, 11) is 0. The Morgan fingerprint density at radius 3 is 0.828 bits per heavy atom. The molecular weight excluding hydrogens is 715 g/mol. The number of nitrogens with one attached hydrogen (secondary N) is 1. The normalized spacial score (nSPS) is 13.3. The van der Waals surface area contributed by atoms with Gasteiger partial charge in [-0.2, -0.15) is 0 Å². The van der Waals surface area contributed by atoms with Gasteiger partial charge in [-0.15, -0.1) is 0 Å². The second-order valence-electron chi connectivity index (χ2n) is 18.9. The molecule has 0 fully saturated rings. The maximum Gasteiger partial charge on any atom is 0.222 e. The van der Waals surface area contributed by atoms with Crippen LogP contribution in [-0.2, 0) is 4.79 Å². The van der Waals surface area contributed by atoms with E-state index in [2.05, 4.69) is 19.2 Å². The van der Waals surface area contributed by atoms with E-state index in [1.165, 1.54) is 250 Å². The number of rotatable bonds is 50. The van der Waals surface area contributed by atoms with Crippen LogP contribution in [0.1, 0.15) is 309 Å². The van der Waals surface area contributed by atoms with E-state index >= 15 is 0 Å². The molecule has 0 aliphatic carbocycles. The van der Waals surface area contributed by atoms with Crippen LogP contribution in [0.5, 0.6) is 0 Å². The molecule has 0 saturated carbocycles. The highest BCUT2D eigenvalue weighted by molar-refractivity contribution is 5.76. The van der Waals surface area contributed by atoms with Crippen LogP contribution in [-0.4, -0.2) is 46.1 Å². The Bertz CT molecular complexity index is 777. The molecule has 0 aromatic carbocycles. The van der Waals surface area contributed by atoms with E-state index in [1.54, 1.807) is 0 Å². The van der Waals surface area contributed by atoms with Crippen molar-refractivity contribution in [3.8, 4) is 0 Å². The summed E-state index contributed by atoms with van der Waals surface area (Å²) in [5.74, 6) is -0.276. The summed E-state index contributed by atoms with van der Waals surface area (Å²) in [6.45, 7) is 4.30. The average molecular weight is 822 g/mol. The zero-order valence-electron chi connectivity index (χ0n) is 39.7. The van der Waals surface area contributed by atoms with Gasteiger partial charge in [0.1, 0.15) is 0 Å². The molecule has 3 atom stereocenters. The molecule has 1 amide bonds. The third kappa shape index (κ3) is 44.9. The minimum Gasteiger partial charge on any atom is -0.394 e. The van der Waals surface area contributed by atoms with E-state index in [0.717, 1.165) is 25.7 Å². The topological polar surface area (TPSA) is 89.8 Å². The first-order valence-electron chi connectivity index (χ1n) is 26.8. The van der Waals surface area contributed by atoms with Gasteiger partial charge < -0.3 is 20.6 Å². The third-order valence-corrected chi connectivity index (χ3v) is 12.9. The van der Waals surface area contributed by atoms with Gasteiger partial charge in [-0.05, 0) is 12.8 Å². The Labute approximate surface area is 364 Å². The first-order valence-corrected chi connectivity index (χ1v) is 26.8. The summed E-state index contributed by atoms with van der Waals surface area (Å²) in [5, 5.41) is 33.5. The van der Waals surface area contributed by atoms with Crippen LogP contribution >= 0.6 is 0 Å². The molecule has 4 N–H and O–H groups in total. The number of carbonyl (C=O) groups excluding carboxylic acids is 1. The van der Waals surface area contributed by atoms with Crippen LogP contribution in [0.25, 0.3) is 0 Å². The maximum atomic E-state index is 12.5. The lowest BCUT2D eigenvalue weighted by atomic mass is 10.0. The zero-order chi connectivity index (χ0) is 42.3. The van der Waals surface area contributed by atoms with Gasteiger partial charge in [0.2, 0.25) is 5.91 Å². The van der Waals surface area contributed by atoms with Crippen LogP contribution in [0.3, 0.4) is 0 Å². The fraction of sp³-hybridized carbons (Fsp3) is 0.981. The Morgan fingerprint density at radius 2 is 0.586 bits per heavy atom. The molecule has 0 rings (SSSR count). The van der Waals surface area contributed by atoms with E-state index in [-0.39, 0.29) is 18.9 Å². The average Bonchev–Trinajstić information content (AvgIpc) is 3.22. The van der Waals surface area contributed by atoms with Gasteiger partial charge in [0.05, 0.1) is 31.3 Å². The standard InChI is InChI=1S/C53H107NO4/c1-3-5-7-9-11-13-15-17-19-20-21-22-23-24-25-26-27-28-29-30-31-33-34-36-38-40-42-44-46-50(56)48-53(58)54-51(49-55)52(57)47-45-43-41-39-37-35-32-18-16-14-12-10-8-6-4-2/h50-52,55-57H,3-49H2,1-2H3,(H,54,58). The van der Waals surface area contributed by atoms with Crippen molar-refractivity contribution in [2.24, 2.45) is 0 Å². The van der Waals surface area contributed by atoms with Crippen LogP contribution in [0.15, 0.2) is 0 Å². The molecule has 3 unspecified atom stereocenters. The van der Waals surface area contributed by atoms with Crippen molar-refractivity contribution < 1.29 is 20.1 Å². The van der Waals surface area contributed by atoms with Crippen LogP contribution in [0.2, 0.25) is 0 Å². The third-order valence-electron chi connectivity index (χ3n) is 12.9. The first-order chi connectivity index (χ1) is 28.5. The van der Waals surface area contributed by atoms with Gasteiger partial charge in [0, 0.05) is 0 Å². The molecule has 0 radical (unpaired) electrons. The fourth-order valence-corrected chi connectivity index (χ4v) is 8.82. The van der Waals surface area contributed by atoms with E-state index in [4.69, 9.17) is 0 Å². The molecule has 0 saturated heterocycles. The SMILES string of the molecule is CCCCCCCCCCCCCCCCCCCCCCCCCCCCCCC(O)CC(=O)NC(CO)C(O)CCCCCCCCCCCCCCCCC. The van der Waals surface area contributed by atoms with E-state index in [9.17, 15) is 20.1 Å². The van der Waals surface area contributed by atoms with Gasteiger partial charge in [-0.25, -0.2) is 0 Å². The predicted molar refractivity (Wildman–Crippen MR) is 255 cm³/mol. The smallest absolute Gasteiger partial charge is 0.222 e. The molecule has 0 heterocycles. The van der Waals surface area contributed by atoms with Gasteiger partial charge in [0.15, 0.2) is 0 Å². The predicted octanol–water partition coefficient (Wildman–Crippen LogP) is 16.2. The molecular formula is C53H107NO4. The van der Waals surface area contributed by atoms with E-state index < -0.39 is 18.2 Å². The van der Waals surface area contributed by atoms with Crippen LogP contribution < -0.4 is 5.32 Å². The zero-order valence-corrected chi connectivity index (χ0v) is 39.7. The summed E-state index contributed by atoms with van der Waals surface area (Å²) in [5.41, 5.74) is 0. The van der Waals surface area contributed by atoms with Crippen molar-refractivity contribution in [1.82, 2.24) is 5.32 Å². The lowest BCUT2D eigenvalue weighted by Gasteiger charge is -2.23. The monoisotopic (exact) mass is 822 g/mol. The van der Waals surface area contributed by atoms with Crippen LogP contribution in [0.4, 0.5) is 0 Å². The second-order valence-corrected chi connectivity index (χ2v) is 18.9. The summed E-state index contributed by atoms with van der Waals surface area (Å²) < 4.78 is 0. The highest BCUT2D eigenvalue weighted by Gasteiger charge is 2.21. The largest absolute Gasteiger partial charge is 0.394 e. The summed E-state index contributed by atoms with van der Waals surface area (Å²) in [6, 6.07) is -0.653. The molecule has 348 valence electrons. The number of aliphatic hydroxyl groups excluding tert-OH is 3. The molecule has 0 aliphatic heterocycles. The molecule has 0 aromatic heterocycles. The molecule has 58 heavy (non-hydrogen) atoms. The summed E-state index contributed by atoms with van der Waals surface area (Å²) in [4.78, 5) is 12.5. The maximum absolute atomic E-state index is 12.5. The number of hydrogen-bond acceptors (Lipinski definition) is 4. The second kappa shape index (κ2) is 49.0. The van der Waals surface area contributed by atoms with Crippen molar-refractivity contribution in [3.05, 3.63) is 0 Å². The van der Waals surface area contributed by atoms with Crippen molar-refractivity contribution in [3.63, 3.8) is 0 Å². The first kappa shape index (κ1) is 57.3. The van der Waals surface area contributed by atoms with Crippen molar-refractivity contribution in [2.75, 3.05) is 6.61 Å². The van der Waals surface area contributed by atoms with Crippen molar-refractivity contribution in [1.29, 1.82) is 0 Å². The van der Waals surface area contributed by atoms with Gasteiger partial charge in [0.25, 0.3) is 0 Å². The Kier molecular flexibility index (Phi) is 48.5. The van der Waals surface area contributed by atoms with Crippen LogP contribution in [0, 0.1) is 0 Å². The Hall–Kier alpha value is -0.650. The molecule has 5 heteroatoms. The van der Waals surface area contributed by atoms with Crippen molar-refractivity contribution in [2.45, 2.75) is 327 Å². The molecule has 0 bridgehead atoms. The highest BCUT2D eigenvalue weighted by Crippen LogP contribution is 2.18. The van der Waals surface area contributed by atoms with Gasteiger partial charge in [-0.1, -0.05) is 290 Å². The number of hydrogen-bond donors (Lipinski definition) is 4. The molecule has 5 nitrogen and oxygen atoms in total. The molecule has 0 aliphatic rings. The molecule has 0 aromatic rings. The number of carbonyl (C=O) groups is 1. The van der Waals surface area contributed by atoms with E-state index in [0.29, 0.717) is 12.8 Å². The fourth-order valence-electron chi connectivity index (χ4n) is 8.82. The lowest BCUT2D eigenvalue weighted by Crippen LogP contribution is -2.46. The summed E-state index contributed by atoms with van der Waals surface area (Å²) >= 11 is 0. The number of aliphatic hydroxyl groups is 3. The van der Waals surface area contributed by atoms with E-state index in [1.807, 2.05) is 0 Å². The highest BCUT2D eigenvalue weighted by atomic mass is 16.3. The Morgan fingerprint density at radius 1 is 0.362 bits per heavy atom. The lowest BCUT2D eigenvalue weighted by molar-refractivity contribution is -0.125.